The van der Waals surface area contributed by atoms with Crippen LogP contribution in [-0.4, -0.2) is 59.8 Å². The second kappa shape index (κ2) is 16.6. The number of hydrogen-bond donors (Lipinski definition) is 2. The van der Waals surface area contributed by atoms with Crippen LogP contribution in [0.5, 0.6) is 0 Å². The Kier molecular flexibility index (Phi) is 14.4. The van der Waals surface area contributed by atoms with E-state index in [1.807, 2.05) is 11.1 Å². The van der Waals surface area contributed by atoms with Crippen molar-refractivity contribution in [1.82, 2.24) is 15.2 Å². The molecular weight excluding hydrogens is 475 g/mol. The Morgan fingerprint density at radius 3 is 2.19 bits per heavy atom. The van der Waals surface area contributed by atoms with Crippen molar-refractivity contribution in [1.29, 1.82) is 0 Å². The number of pyridine rings is 1. The maximum Gasteiger partial charge on any atom is 0.490 e. The largest absolute Gasteiger partial charge is 0.490 e. The molecule has 0 aliphatic heterocycles. The van der Waals surface area contributed by atoms with Crippen LogP contribution in [0.2, 0.25) is 0 Å². The van der Waals surface area contributed by atoms with Crippen LogP contribution in [0.4, 0.5) is 13.2 Å². The van der Waals surface area contributed by atoms with E-state index in [1.54, 1.807) is 7.11 Å². The number of carboxylic acids is 1. The van der Waals surface area contributed by atoms with Gasteiger partial charge in [0.2, 0.25) is 5.91 Å². The minimum absolute atomic E-state index is 0.196. The van der Waals surface area contributed by atoms with E-state index in [0.717, 1.165) is 49.2 Å². The molecule has 7 nitrogen and oxygen atoms in total. The maximum absolute atomic E-state index is 12.5. The first-order chi connectivity index (χ1) is 17.1. The van der Waals surface area contributed by atoms with Crippen LogP contribution in [0.15, 0.2) is 42.6 Å². The first-order valence-corrected chi connectivity index (χ1v) is 11.9. The molecule has 0 bridgehead atoms. The second-order valence-electron chi connectivity index (χ2n) is 8.14. The summed E-state index contributed by atoms with van der Waals surface area (Å²) in [5.74, 6) is -2.56. The lowest BCUT2D eigenvalue weighted by molar-refractivity contribution is -0.192. The van der Waals surface area contributed by atoms with Gasteiger partial charge in [-0.3, -0.25) is 9.78 Å². The Morgan fingerprint density at radius 2 is 1.69 bits per heavy atom. The Balaban J connectivity index is 0.000000809. The molecule has 0 aliphatic carbocycles. The number of halogens is 3. The van der Waals surface area contributed by atoms with Gasteiger partial charge in [0.25, 0.3) is 0 Å². The molecular formula is C26H36F3N3O4. The molecule has 2 rings (SSSR count). The highest BCUT2D eigenvalue weighted by molar-refractivity contribution is 5.76. The fourth-order valence-corrected chi connectivity index (χ4v) is 3.09. The zero-order valence-corrected chi connectivity index (χ0v) is 21.1. The van der Waals surface area contributed by atoms with E-state index in [9.17, 15) is 18.0 Å². The minimum atomic E-state index is -5.08. The predicted molar refractivity (Wildman–Crippen MR) is 132 cm³/mol. The van der Waals surface area contributed by atoms with E-state index in [1.165, 1.54) is 5.56 Å². The van der Waals surface area contributed by atoms with Crippen molar-refractivity contribution >= 4 is 11.9 Å². The van der Waals surface area contributed by atoms with Gasteiger partial charge in [0.1, 0.15) is 0 Å². The third-order valence-electron chi connectivity index (χ3n) is 5.11. The summed E-state index contributed by atoms with van der Waals surface area (Å²) in [6.45, 7) is 7.93. The molecule has 0 aliphatic rings. The van der Waals surface area contributed by atoms with E-state index < -0.39 is 12.1 Å². The van der Waals surface area contributed by atoms with E-state index in [4.69, 9.17) is 14.6 Å². The van der Waals surface area contributed by atoms with Gasteiger partial charge >= 0.3 is 12.1 Å². The number of nitrogens with zero attached hydrogens (tertiary/aromatic N) is 2. The molecule has 10 heteroatoms. The van der Waals surface area contributed by atoms with Gasteiger partial charge in [0.15, 0.2) is 0 Å². The number of amides is 1. The summed E-state index contributed by atoms with van der Waals surface area (Å²) < 4.78 is 36.9. The predicted octanol–water partition coefficient (Wildman–Crippen LogP) is 5.05. The van der Waals surface area contributed by atoms with Gasteiger partial charge < -0.3 is 20.1 Å². The molecule has 0 spiro atoms. The third-order valence-corrected chi connectivity index (χ3v) is 5.11. The number of carbonyl (C=O) groups excluding carboxylic acids is 1. The number of methoxy groups -OCH3 is 1. The van der Waals surface area contributed by atoms with Gasteiger partial charge in [0, 0.05) is 44.9 Å². The lowest BCUT2D eigenvalue weighted by atomic mass is 10.1. The van der Waals surface area contributed by atoms with Crippen LogP contribution in [0.25, 0.3) is 11.3 Å². The fraction of sp³-hybridized carbons (Fsp3) is 0.500. The molecule has 0 atom stereocenters. The van der Waals surface area contributed by atoms with E-state index in [2.05, 4.69) is 60.5 Å². The Labute approximate surface area is 210 Å². The molecule has 0 unspecified atom stereocenters. The number of nitrogens with one attached hydrogen (secondary N) is 1. The zero-order chi connectivity index (χ0) is 27.0. The Morgan fingerprint density at radius 1 is 1.06 bits per heavy atom. The monoisotopic (exact) mass is 511 g/mol. The smallest absolute Gasteiger partial charge is 0.475 e. The molecule has 0 radical (unpaired) electrons. The topological polar surface area (TPSA) is 91.8 Å². The Hall–Kier alpha value is -2.98. The van der Waals surface area contributed by atoms with Gasteiger partial charge in [-0.05, 0) is 36.6 Å². The van der Waals surface area contributed by atoms with Crippen molar-refractivity contribution in [2.45, 2.75) is 58.8 Å². The van der Waals surface area contributed by atoms with E-state index >= 15 is 0 Å². The van der Waals surface area contributed by atoms with Crippen molar-refractivity contribution in [2.75, 3.05) is 26.8 Å². The van der Waals surface area contributed by atoms with Crippen molar-refractivity contribution in [2.24, 2.45) is 0 Å². The molecule has 1 aromatic heterocycles. The quantitative estimate of drug-likeness (QED) is 0.366. The maximum atomic E-state index is 12.5. The van der Waals surface area contributed by atoms with Crippen LogP contribution in [-0.2, 0) is 27.4 Å². The summed E-state index contributed by atoms with van der Waals surface area (Å²) >= 11 is 0. The zero-order valence-electron chi connectivity index (χ0n) is 21.1. The summed E-state index contributed by atoms with van der Waals surface area (Å²) in [4.78, 5) is 27.9. The number of aromatic nitrogens is 1. The number of carboxylic acid groups (broad SMARTS) is 1. The molecule has 200 valence electrons. The number of rotatable bonds is 13. The van der Waals surface area contributed by atoms with Gasteiger partial charge in [-0.1, -0.05) is 50.6 Å². The molecule has 0 saturated heterocycles. The van der Waals surface area contributed by atoms with Crippen LogP contribution in [0.3, 0.4) is 0 Å². The number of alkyl halides is 3. The van der Waals surface area contributed by atoms with Crippen LogP contribution in [0, 0.1) is 0 Å². The number of unbranched alkanes of at least 4 members (excludes halogenated alkanes) is 1. The highest BCUT2D eigenvalue weighted by Gasteiger charge is 2.38. The highest BCUT2D eigenvalue weighted by Crippen LogP contribution is 2.19. The summed E-state index contributed by atoms with van der Waals surface area (Å²) in [5.41, 5.74) is 4.36. The Bertz CT molecular complexity index is 904. The van der Waals surface area contributed by atoms with E-state index in [-0.39, 0.29) is 5.91 Å². The molecule has 36 heavy (non-hydrogen) atoms. The normalized spacial score (nSPS) is 10.9. The van der Waals surface area contributed by atoms with E-state index in [0.29, 0.717) is 26.1 Å². The van der Waals surface area contributed by atoms with Gasteiger partial charge in [-0.15, -0.1) is 0 Å². The summed E-state index contributed by atoms with van der Waals surface area (Å²) in [6.07, 6.45) is 0.535. The molecule has 1 heterocycles. The first-order valence-electron chi connectivity index (χ1n) is 11.9. The average molecular weight is 512 g/mol. The van der Waals surface area contributed by atoms with Crippen molar-refractivity contribution in [3.8, 4) is 11.3 Å². The number of hydrogen-bond acceptors (Lipinski definition) is 5. The molecule has 1 amide bonds. The summed E-state index contributed by atoms with van der Waals surface area (Å²) in [7, 11) is 1.67. The van der Waals surface area contributed by atoms with Crippen LogP contribution in [0.1, 0.15) is 50.7 Å². The number of aliphatic carboxylic acids is 1. The van der Waals surface area contributed by atoms with Crippen molar-refractivity contribution in [3.63, 3.8) is 0 Å². The molecule has 0 saturated carbocycles. The summed E-state index contributed by atoms with van der Waals surface area (Å²) in [6, 6.07) is 12.5. The number of ether oxygens (including phenoxy) is 1. The van der Waals surface area contributed by atoms with Gasteiger partial charge in [-0.25, -0.2) is 4.79 Å². The van der Waals surface area contributed by atoms with Crippen molar-refractivity contribution < 1.29 is 32.6 Å². The number of benzene rings is 1. The van der Waals surface area contributed by atoms with Crippen LogP contribution >= 0.6 is 0 Å². The molecule has 1 aromatic carbocycles. The van der Waals surface area contributed by atoms with Crippen molar-refractivity contribution in [3.05, 3.63) is 53.7 Å². The fourth-order valence-electron chi connectivity index (χ4n) is 3.09. The van der Waals surface area contributed by atoms with Gasteiger partial charge in [-0.2, -0.15) is 13.2 Å². The first kappa shape index (κ1) is 31.1. The molecule has 0 fully saturated rings. The lowest BCUT2D eigenvalue weighted by Gasteiger charge is -2.22. The highest BCUT2D eigenvalue weighted by atomic mass is 19.4. The molecule has 2 N–H and O–H groups in total. The third kappa shape index (κ3) is 12.1. The molecule has 2 aromatic rings. The summed E-state index contributed by atoms with van der Waals surface area (Å²) in [5, 5.41) is 10.5. The SMILES string of the molecule is CCCCC(=O)N(CCOC)Cc1ccc(-c2ccc(CNCCC)cn2)cc1.O=C(O)C(F)(F)F. The second-order valence-corrected chi connectivity index (χ2v) is 8.14. The van der Waals surface area contributed by atoms with Gasteiger partial charge in [0.05, 0.1) is 12.3 Å². The van der Waals surface area contributed by atoms with Crippen LogP contribution < -0.4 is 5.32 Å². The lowest BCUT2D eigenvalue weighted by Crippen LogP contribution is -2.33. The number of carbonyl (C=O) groups is 2. The minimum Gasteiger partial charge on any atom is -0.475 e. The average Bonchev–Trinajstić information content (AvgIpc) is 2.86. The standard InChI is InChI=1S/C24H35N3O2.C2HF3O2/c1-4-6-7-24(28)27(15-16-29-3)19-20-8-11-22(12-9-20)23-13-10-21(18-26-23)17-25-14-5-2;3-2(4,5)1(6)7/h8-13,18,25H,4-7,14-17,19H2,1-3H3;(H,6,7).